The number of hydrogen-bond donors (Lipinski definition) is 1. The molecule has 0 spiro atoms. The van der Waals surface area contributed by atoms with Gasteiger partial charge in [-0.25, -0.2) is 8.78 Å². The lowest BCUT2D eigenvalue weighted by molar-refractivity contribution is -0.0483. The summed E-state index contributed by atoms with van der Waals surface area (Å²) in [6.07, 6.45) is 0.908. The second-order valence-corrected chi connectivity index (χ2v) is 5.21. The van der Waals surface area contributed by atoms with Crippen LogP contribution in [0.25, 0.3) is 0 Å². The van der Waals surface area contributed by atoms with Crippen LogP contribution >= 0.6 is 11.6 Å². The minimum Gasteiger partial charge on any atom is -0.324 e. The molecule has 0 aliphatic heterocycles. The Morgan fingerprint density at radius 2 is 1.71 bits per heavy atom. The molecule has 1 aromatic carbocycles. The summed E-state index contributed by atoms with van der Waals surface area (Å²) >= 11 is 5.80. The summed E-state index contributed by atoms with van der Waals surface area (Å²) in [5.74, 6) is -2.34. The van der Waals surface area contributed by atoms with E-state index in [0.717, 1.165) is 5.56 Å². The van der Waals surface area contributed by atoms with Crippen LogP contribution in [-0.2, 0) is 0 Å². The monoisotopic (exact) mass is 259 g/mol. The van der Waals surface area contributed by atoms with Gasteiger partial charge >= 0.3 is 0 Å². The minimum atomic E-state index is -2.49. The average molecular weight is 260 g/mol. The number of nitrogens with two attached hydrogens (primary N) is 1. The Kier molecular flexibility index (Phi) is 3.69. The highest BCUT2D eigenvalue weighted by atomic mass is 35.5. The number of hydrogen-bond acceptors (Lipinski definition) is 1. The zero-order valence-electron chi connectivity index (χ0n) is 9.50. The van der Waals surface area contributed by atoms with Crippen LogP contribution in [-0.4, -0.2) is 5.92 Å². The Labute approximate surface area is 105 Å². The molecule has 1 aliphatic rings. The summed E-state index contributed by atoms with van der Waals surface area (Å²) in [7, 11) is 0. The lowest BCUT2D eigenvalue weighted by atomic mass is 9.80. The third kappa shape index (κ3) is 3.17. The first kappa shape index (κ1) is 12.8. The van der Waals surface area contributed by atoms with Crippen molar-refractivity contribution in [3.8, 4) is 0 Å². The van der Waals surface area contributed by atoms with Gasteiger partial charge in [-0.15, -0.1) is 0 Å². The number of rotatable bonds is 2. The lowest BCUT2D eigenvalue weighted by Crippen LogP contribution is -2.30. The molecule has 1 atom stereocenters. The lowest BCUT2D eigenvalue weighted by Gasteiger charge is -2.32. The normalized spacial score (nSPS) is 22.4. The van der Waals surface area contributed by atoms with E-state index in [4.69, 9.17) is 17.3 Å². The van der Waals surface area contributed by atoms with Gasteiger partial charge in [0.1, 0.15) is 0 Å². The zero-order chi connectivity index (χ0) is 12.5. The molecule has 2 N–H and O–H groups in total. The van der Waals surface area contributed by atoms with Gasteiger partial charge in [0.2, 0.25) is 5.92 Å². The van der Waals surface area contributed by atoms with E-state index < -0.39 is 5.92 Å². The largest absolute Gasteiger partial charge is 0.324 e. The Morgan fingerprint density at radius 3 is 2.24 bits per heavy atom. The summed E-state index contributed by atoms with van der Waals surface area (Å²) < 4.78 is 26.1. The van der Waals surface area contributed by atoms with E-state index in [9.17, 15) is 8.78 Å². The van der Waals surface area contributed by atoms with Gasteiger partial charge in [0.25, 0.3) is 0 Å². The van der Waals surface area contributed by atoms with Gasteiger partial charge in [-0.3, -0.25) is 0 Å². The van der Waals surface area contributed by atoms with E-state index in [-0.39, 0.29) is 24.8 Å². The van der Waals surface area contributed by atoms with Gasteiger partial charge in [0.15, 0.2) is 0 Å². The van der Waals surface area contributed by atoms with Crippen LogP contribution in [0.4, 0.5) is 8.78 Å². The molecule has 1 fully saturated rings. The fourth-order valence-corrected chi connectivity index (χ4v) is 2.50. The summed E-state index contributed by atoms with van der Waals surface area (Å²) in [5.41, 5.74) is 7.10. The first-order valence-electron chi connectivity index (χ1n) is 5.87. The summed E-state index contributed by atoms with van der Waals surface area (Å²) in [6.45, 7) is 0. The molecule has 1 unspecified atom stereocenters. The highest BCUT2D eigenvalue weighted by molar-refractivity contribution is 6.30. The van der Waals surface area contributed by atoms with Crippen molar-refractivity contribution in [2.75, 3.05) is 0 Å². The van der Waals surface area contributed by atoms with E-state index in [2.05, 4.69) is 0 Å². The van der Waals surface area contributed by atoms with E-state index in [0.29, 0.717) is 17.9 Å². The molecule has 1 aliphatic carbocycles. The molecule has 0 heterocycles. The van der Waals surface area contributed by atoms with Crippen LogP contribution in [0.2, 0.25) is 5.02 Å². The molecule has 4 heteroatoms. The van der Waals surface area contributed by atoms with Crippen molar-refractivity contribution in [3.05, 3.63) is 34.9 Å². The SMILES string of the molecule is NC(c1ccc(Cl)cc1)C1CCC(F)(F)CC1. The van der Waals surface area contributed by atoms with Crippen molar-refractivity contribution in [1.82, 2.24) is 0 Å². The molecule has 0 radical (unpaired) electrons. The third-order valence-corrected chi connectivity index (χ3v) is 3.78. The molecular weight excluding hydrogens is 244 g/mol. The maximum absolute atomic E-state index is 13.0. The van der Waals surface area contributed by atoms with Crippen molar-refractivity contribution in [2.45, 2.75) is 37.6 Å². The quantitative estimate of drug-likeness (QED) is 0.848. The standard InChI is InChI=1S/C13H16ClF2N/c14-11-3-1-9(2-4-11)12(17)10-5-7-13(15,16)8-6-10/h1-4,10,12H,5-8,17H2. The fourth-order valence-electron chi connectivity index (χ4n) is 2.38. The number of alkyl halides is 2. The number of halogens is 3. The molecular formula is C13H16ClF2N. The Bertz CT molecular complexity index is 368. The second-order valence-electron chi connectivity index (χ2n) is 4.77. The molecule has 1 nitrogen and oxygen atoms in total. The maximum Gasteiger partial charge on any atom is 0.248 e. The predicted octanol–water partition coefficient (Wildman–Crippen LogP) is 4.17. The van der Waals surface area contributed by atoms with Gasteiger partial charge in [-0.05, 0) is 36.5 Å². The maximum atomic E-state index is 13.0. The number of benzene rings is 1. The topological polar surface area (TPSA) is 26.0 Å². The van der Waals surface area contributed by atoms with Gasteiger partial charge in [-0.1, -0.05) is 23.7 Å². The molecule has 0 bridgehead atoms. The van der Waals surface area contributed by atoms with E-state index in [1.165, 1.54) is 0 Å². The van der Waals surface area contributed by atoms with Gasteiger partial charge in [0.05, 0.1) is 0 Å². The Morgan fingerprint density at radius 1 is 1.18 bits per heavy atom. The van der Waals surface area contributed by atoms with Crippen molar-refractivity contribution < 1.29 is 8.78 Å². The first-order chi connectivity index (χ1) is 7.98. The molecule has 1 aromatic rings. The van der Waals surface area contributed by atoms with Crippen molar-refractivity contribution in [2.24, 2.45) is 11.7 Å². The van der Waals surface area contributed by atoms with E-state index >= 15 is 0 Å². The average Bonchev–Trinajstić information content (AvgIpc) is 2.29. The molecule has 94 valence electrons. The van der Waals surface area contributed by atoms with E-state index in [1.807, 2.05) is 12.1 Å². The van der Waals surface area contributed by atoms with Crippen LogP contribution in [0.1, 0.15) is 37.3 Å². The Hall–Kier alpha value is -0.670. The predicted molar refractivity (Wildman–Crippen MR) is 65.3 cm³/mol. The summed E-state index contributed by atoms with van der Waals surface area (Å²) in [5, 5.41) is 0.663. The van der Waals surface area contributed by atoms with E-state index in [1.54, 1.807) is 12.1 Å². The van der Waals surface area contributed by atoms with Crippen molar-refractivity contribution in [1.29, 1.82) is 0 Å². The highest BCUT2D eigenvalue weighted by Crippen LogP contribution is 2.40. The third-order valence-electron chi connectivity index (χ3n) is 3.52. The van der Waals surface area contributed by atoms with Crippen LogP contribution < -0.4 is 5.73 Å². The van der Waals surface area contributed by atoms with Crippen molar-refractivity contribution in [3.63, 3.8) is 0 Å². The minimum absolute atomic E-state index is 0.0427. The molecule has 0 saturated heterocycles. The van der Waals surface area contributed by atoms with Crippen LogP contribution in [0.3, 0.4) is 0 Å². The molecule has 1 saturated carbocycles. The van der Waals surface area contributed by atoms with Crippen molar-refractivity contribution >= 4 is 11.6 Å². The van der Waals surface area contributed by atoms with Gasteiger partial charge in [0, 0.05) is 23.9 Å². The van der Waals surface area contributed by atoms with Crippen LogP contribution in [0.15, 0.2) is 24.3 Å². The van der Waals surface area contributed by atoms with Crippen LogP contribution in [0.5, 0.6) is 0 Å². The fraction of sp³-hybridized carbons (Fsp3) is 0.538. The zero-order valence-corrected chi connectivity index (χ0v) is 10.3. The summed E-state index contributed by atoms with van der Waals surface area (Å²) in [6, 6.07) is 7.16. The molecule has 0 amide bonds. The van der Waals surface area contributed by atoms with Gasteiger partial charge in [-0.2, -0.15) is 0 Å². The second kappa shape index (κ2) is 4.91. The van der Waals surface area contributed by atoms with Crippen LogP contribution in [0, 0.1) is 5.92 Å². The van der Waals surface area contributed by atoms with Gasteiger partial charge < -0.3 is 5.73 Å². The molecule has 17 heavy (non-hydrogen) atoms. The summed E-state index contributed by atoms with van der Waals surface area (Å²) in [4.78, 5) is 0. The molecule has 2 rings (SSSR count). The smallest absolute Gasteiger partial charge is 0.248 e. The highest BCUT2D eigenvalue weighted by Gasteiger charge is 2.36. The first-order valence-corrected chi connectivity index (χ1v) is 6.25. The Balaban J connectivity index is 2.01. The molecule has 0 aromatic heterocycles.